The summed E-state index contributed by atoms with van der Waals surface area (Å²) in [7, 11) is 0. The molecule has 0 fully saturated rings. The summed E-state index contributed by atoms with van der Waals surface area (Å²) in [5, 5.41) is 15.8. The van der Waals surface area contributed by atoms with Gasteiger partial charge in [-0.05, 0) is 50.5 Å². The second-order valence-corrected chi connectivity index (χ2v) is 11.9. The van der Waals surface area contributed by atoms with Gasteiger partial charge in [-0.15, -0.1) is 11.3 Å². The van der Waals surface area contributed by atoms with Crippen LogP contribution in [0.1, 0.15) is 36.8 Å². The van der Waals surface area contributed by atoms with E-state index >= 15 is 0 Å². The fourth-order valence-electron chi connectivity index (χ4n) is 4.26. The van der Waals surface area contributed by atoms with Crippen molar-refractivity contribution >= 4 is 23.5 Å². The molecule has 2 amide bonds. The molecule has 3 N–H and O–H groups in total. The van der Waals surface area contributed by atoms with Gasteiger partial charge in [0.25, 0.3) is 0 Å². The van der Waals surface area contributed by atoms with Crippen LogP contribution in [0.5, 0.6) is 0 Å². The van der Waals surface area contributed by atoms with Gasteiger partial charge in [0.05, 0.1) is 28.2 Å². The molecule has 0 bridgehead atoms. The van der Waals surface area contributed by atoms with E-state index < -0.39 is 29.9 Å². The number of pyridine rings is 1. The van der Waals surface area contributed by atoms with Crippen LogP contribution in [-0.4, -0.2) is 56.6 Å². The van der Waals surface area contributed by atoms with Crippen LogP contribution in [0.2, 0.25) is 0 Å². The number of hydrogen-bond donors (Lipinski definition) is 3. The smallest absolute Gasteiger partial charge is 0.422 e. The molecule has 0 saturated carbocycles. The third-order valence-electron chi connectivity index (χ3n) is 6.24. The third kappa shape index (κ3) is 10.8. The van der Waals surface area contributed by atoms with Gasteiger partial charge >= 0.3 is 12.2 Å². The Morgan fingerprint density at radius 3 is 2.37 bits per heavy atom. The fourth-order valence-corrected chi connectivity index (χ4v) is 4.77. The van der Waals surface area contributed by atoms with Crippen molar-refractivity contribution in [3.8, 4) is 11.3 Å². The van der Waals surface area contributed by atoms with Gasteiger partial charge in [0.1, 0.15) is 12.2 Å². The van der Waals surface area contributed by atoms with E-state index in [1.165, 1.54) is 11.3 Å². The highest BCUT2D eigenvalue weighted by Gasteiger charge is 2.27. The molecule has 11 heteroatoms. The predicted molar refractivity (Wildman–Crippen MR) is 165 cm³/mol. The fraction of sp³-hybridized carbons (Fsp3) is 0.312. The quantitative estimate of drug-likeness (QED) is 0.185. The normalized spacial score (nSPS) is 12.8. The topological polar surface area (TPSA) is 126 Å². The zero-order chi connectivity index (χ0) is 30.7. The van der Waals surface area contributed by atoms with Gasteiger partial charge in [-0.25, -0.2) is 14.6 Å². The van der Waals surface area contributed by atoms with E-state index in [0.29, 0.717) is 6.42 Å². The minimum absolute atomic E-state index is 0.00609. The van der Waals surface area contributed by atoms with Crippen molar-refractivity contribution in [2.24, 2.45) is 0 Å². The molecule has 4 rings (SSSR count). The molecule has 43 heavy (non-hydrogen) atoms. The monoisotopic (exact) mass is 603 g/mol. The molecule has 0 spiro atoms. The number of aliphatic hydroxyl groups is 1. The minimum atomic E-state index is -1.08. The van der Waals surface area contributed by atoms with Crippen molar-refractivity contribution in [1.82, 2.24) is 25.7 Å². The molecule has 4 aromatic rings. The van der Waals surface area contributed by atoms with Crippen molar-refractivity contribution in [2.75, 3.05) is 6.54 Å². The van der Waals surface area contributed by atoms with Gasteiger partial charge in [0.2, 0.25) is 0 Å². The Morgan fingerprint density at radius 2 is 1.72 bits per heavy atom. The Hall–Kier alpha value is -4.32. The number of aromatic nitrogens is 2. The molecular weight excluding hydrogens is 566 g/mol. The molecular formula is C32H37N5O5S. The van der Waals surface area contributed by atoms with E-state index in [1.54, 1.807) is 43.7 Å². The Balaban J connectivity index is 1.49. The van der Waals surface area contributed by atoms with Gasteiger partial charge in [0, 0.05) is 31.0 Å². The second-order valence-electron chi connectivity index (χ2n) is 11.0. The summed E-state index contributed by atoms with van der Waals surface area (Å²) in [5.41, 5.74) is 7.34. The molecule has 0 unspecified atom stereocenters. The first kappa shape index (κ1) is 31.6. The van der Waals surface area contributed by atoms with Crippen LogP contribution in [-0.2, 0) is 29.0 Å². The van der Waals surface area contributed by atoms with Gasteiger partial charge < -0.3 is 19.9 Å². The molecule has 2 heterocycles. The van der Waals surface area contributed by atoms with Crippen LogP contribution in [0.15, 0.2) is 90.7 Å². The number of hydrazine groups is 1. The van der Waals surface area contributed by atoms with Gasteiger partial charge in [-0.3, -0.25) is 15.4 Å². The van der Waals surface area contributed by atoms with E-state index in [-0.39, 0.29) is 19.7 Å². The van der Waals surface area contributed by atoms with Gasteiger partial charge in [-0.1, -0.05) is 60.7 Å². The molecule has 226 valence electrons. The minimum Gasteiger partial charge on any atom is -0.444 e. The Kier molecular flexibility index (Phi) is 11.2. The summed E-state index contributed by atoms with van der Waals surface area (Å²) < 4.78 is 10.9. The molecule has 2 atom stereocenters. The highest BCUT2D eigenvalue weighted by Crippen LogP contribution is 2.18. The number of alkyl carbamates (subject to hydrolysis) is 1. The lowest BCUT2D eigenvalue weighted by molar-refractivity contribution is 0.0141. The number of ether oxygens (including phenoxy) is 2. The van der Waals surface area contributed by atoms with E-state index in [2.05, 4.69) is 20.7 Å². The average Bonchev–Trinajstić information content (AvgIpc) is 3.50. The average molecular weight is 604 g/mol. The van der Waals surface area contributed by atoms with E-state index in [9.17, 15) is 14.7 Å². The van der Waals surface area contributed by atoms with Gasteiger partial charge in [-0.2, -0.15) is 0 Å². The molecule has 0 aliphatic carbocycles. The molecule has 0 aliphatic rings. The predicted octanol–water partition coefficient (Wildman–Crippen LogP) is 5.35. The Bertz CT molecular complexity index is 1410. The number of carbonyl (C=O) groups is 2. The van der Waals surface area contributed by atoms with Crippen molar-refractivity contribution in [3.05, 3.63) is 107 Å². The van der Waals surface area contributed by atoms with E-state index in [4.69, 9.17) is 9.47 Å². The largest absolute Gasteiger partial charge is 0.444 e. The maximum atomic E-state index is 12.8. The first-order valence-electron chi connectivity index (χ1n) is 13.9. The Morgan fingerprint density at radius 1 is 0.977 bits per heavy atom. The molecule has 2 aromatic heterocycles. The zero-order valence-electron chi connectivity index (χ0n) is 24.5. The van der Waals surface area contributed by atoms with Crippen LogP contribution in [0.4, 0.5) is 9.59 Å². The standard InChI is InChI=1S/C32H37N5O5S/c1-32(2,3)42-31(40)36-37(19-24-12-14-25(15-13-24)27-11-7-8-16-34-27)20-29(38)28(17-23-9-5-4-6-10-23)35-30(39)41-21-26-18-33-22-43-26/h4-16,18,22,28-29,38H,17,19-21H2,1-3H3,(H,35,39)(H,36,40)/t28-,29-/m0/s1. The lowest BCUT2D eigenvalue weighted by Crippen LogP contribution is -2.53. The number of carbonyl (C=O) groups excluding carboxylic acids is 2. The number of benzene rings is 2. The number of rotatable bonds is 12. The number of aliphatic hydroxyl groups excluding tert-OH is 1. The van der Waals surface area contributed by atoms with Crippen LogP contribution < -0.4 is 10.7 Å². The van der Waals surface area contributed by atoms with E-state index in [1.807, 2.05) is 72.8 Å². The zero-order valence-corrected chi connectivity index (χ0v) is 25.3. The van der Waals surface area contributed by atoms with Crippen molar-refractivity contribution < 1.29 is 24.2 Å². The van der Waals surface area contributed by atoms with Crippen molar-refractivity contribution in [2.45, 2.75) is 58.1 Å². The summed E-state index contributed by atoms with van der Waals surface area (Å²) in [6, 6.07) is 22.3. The lowest BCUT2D eigenvalue weighted by Gasteiger charge is -2.31. The van der Waals surface area contributed by atoms with Crippen LogP contribution >= 0.6 is 11.3 Å². The molecule has 0 aliphatic heterocycles. The number of nitrogens with one attached hydrogen (secondary N) is 2. The van der Waals surface area contributed by atoms with E-state index in [0.717, 1.165) is 27.3 Å². The molecule has 10 nitrogen and oxygen atoms in total. The molecule has 0 radical (unpaired) electrons. The number of thiazole rings is 1. The Labute approximate surface area is 255 Å². The van der Waals surface area contributed by atoms with Crippen LogP contribution in [0, 0.1) is 0 Å². The summed E-state index contributed by atoms with van der Waals surface area (Å²) >= 11 is 1.38. The maximum absolute atomic E-state index is 12.8. The number of amides is 2. The van der Waals surface area contributed by atoms with Crippen molar-refractivity contribution in [3.63, 3.8) is 0 Å². The maximum Gasteiger partial charge on any atom is 0.422 e. The summed E-state index contributed by atoms with van der Waals surface area (Å²) in [6.45, 7) is 5.67. The lowest BCUT2D eigenvalue weighted by atomic mass is 10.0. The second kappa shape index (κ2) is 15.2. The van der Waals surface area contributed by atoms with Crippen LogP contribution in [0.25, 0.3) is 11.3 Å². The number of hydrogen-bond acceptors (Lipinski definition) is 9. The summed E-state index contributed by atoms with van der Waals surface area (Å²) in [5.74, 6) is 0. The SMILES string of the molecule is CC(C)(C)OC(=O)NN(Cc1ccc(-c2ccccn2)cc1)C[C@H](O)[C@H](Cc1ccccc1)NC(=O)OCc1cncs1. The summed E-state index contributed by atoms with van der Waals surface area (Å²) in [4.78, 5) is 34.7. The van der Waals surface area contributed by atoms with Crippen molar-refractivity contribution in [1.29, 1.82) is 0 Å². The molecule has 2 aromatic carbocycles. The van der Waals surface area contributed by atoms with Crippen LogP contribution in [0.3, 0.4) is 0 Å². The first-order chi connectivity index (χ1) is 20.6. The third-order valence-corrected chi connectivity index (χ3v) is 6.99. The highest BCUT2D eigenvalue weighted by molar-refractivity contribution is 7.09. The first-order valence-corrected chi connectivity index (χ1v) is 14.8. The van der Waals surface area contributed by atoms with Gasteiger partial charge in [0.15, 0.2) is 0 Å². The molecule has 0 saturated heterocycles. The highest BCUT2D eigenvalue weighted by atomic mass is 32.1. The number of nitrogens with zero attached hydrogens (tertiary/aromatic N) is 3. The summed E-state index contributed by atoms with van der Waals surface area (Å²) in [6.07, 6.45) is 1.32.